The number of rotatable bonds is 9. The summed E-state index contributed by atoms with van der Waals surface area (Å²) in [6, 6.07) is 5.92. The minimum atomic E-state index is 0.00344. The van der Waals surface area contributed by atoms with Gasteiger partial charge in [0.1, 0.15) is 17.9 Å². The van der Waals surface area contributed by atoms with Crippen LogP contribution in [0.15, 0.2) is 27.7 Å². The van der Waals surface area contributed by atoms with Gasteiger partial charge < -0.3 is 24.6 Å². The highest BCUT2D eigenvalue weighted by atomic mass is 79.9. The monoisotopic (exact) mass is 562 g/mol. The number of aliphatic imine (C=N–C) groups is 1. The molecule has 2 unspecified atom stereocenters. The number of carbonyl (C=O) groups is 1. The Morgan fingerprint density at radius 3 is 2.58 bits per heavy atom. The molecule has 0 spiro atoms. The number of hydrogen-bond acceptors (Lipinski definition) is 6. The molecular weight excluding hydrogens is 520 g/mol. The number of piperidine rings is 2. The van der Waals surface area contributed by atoms with Crippen LogP contribution in [0.1, 0.15) is 52.0 Å². The van der Waals surface area contributed by atoms with Crippen LogP contribution in [0.5, 0.6) is 5.75 Å². The van der Waals surface area contributed by atoms with E-state index in [1.807, 2.05) is 18.2 Å². The lowest BCUT2D eigenvalue weighted by molar-refractivity contribution is -0.126. The molecule has 1 amide bonds. The number of likely N-dealkylation sites (tertiary alicyclic amines) is 2. The molecule has 0 aromatic heterocycles. The van der Waals surface area contributed by atoms with Crippen molar-refractivity contribution in [2.24, 2.45) is 22.7 Å². The highest BCUT2D eigenvalue weighted by molar-refractivity contribution is 9.10. The van der Waals surface area contributed by atoms with Crippen LogP contribution in [0.4, 0.5) is 0 Å². The van der Waals surface area contributed by atoms with E-state index in [4.69, 9.17) is 14.5 Å². The lowest BCUT2D eigenvalue weighted by Gasteiger charge is -2.35. The molecule has 1 aromatic carbocycles. The predicted octanol–water partition coefficient (Wildman–Crippen LogP) is 4.19. The third-order valence-electron chi connectivity index (χ3n) is 7.83. The number of ether oxygens (including phenoxy) is 2. The molecule has 1 N–H and O–H groups in total. The van der Waals surface area contributed by atoms with Gasteiger partial charge in [-0.3, -0.25) is 4.79 Å². The smallest absolute Gasteiger partial charge is 0.223 e. The maximum Gasteiger partial charge on any atom is 0.223 e. The van der Waals surface area contributed by atoms with Crippen molar-refractivity contribution >= 4 is 27.7 Å². The number of amides is 1. The Kier molecular flexibility index (Phi) is 9.70. The summed E-state index contributed by atoms with van der Waals surface area (Å²) in [5.41, 5.74) is 0.869. The van der Waals surface area contributed by atoms with Crippen molar-refractivity contribution in [3.8, 4) is 5.75 Å². The fraction of sp³-hybridized carbons (Fsp3) is 0.714. The normalized spacial score (nSPS) is 28.0. The number of hydrogen-bond donors (Lipinski definition) is 1. The van der Waals surface area contributed by atoms with E-state index in [2.05, 4.69) is 51.8 Å². The Bertz CT molecular complexity index is 908. The van der Waals surface area contributed by atoms with Crippen molar-refractivity contribution in [3.05, 3.63) is 28.2 Å². The second-order valence-electron chi connectivity index (χ2n) is 11.1. The van der Waals surface area contributed by atoms with Crippen molar-refractivity contribution < 1.29 is 14.3 Å². The van der Waals surface area contributed by atoms with E-state index < -0.39 is 0 Å². The first kappa shape index (κ1) is 27.4. The van der Waals surface area contributed by atoms with Gasteiger partial charge in [0.15, 0.2) is 0 Å². The van der Waals surface area contributed by atoms with Gasteiger partial charge in [0.2, 0.25) is 11.8 Å². The van der Waals surface area contributed by atoms with Crippen molar-refractivity contribution in [1.29, 1.82) is 0 Å². The minimum absolute atomic E-state index is 0.00344. The highest BCUT2D eigenvalue weighted by Gasteiger charge is 2.33. The molecule has 0 radical (unpaired) electrons. The standard InChI is InChI=1S/C28H43BrN4O3/c1-19-15-20(2)17-33(16-19)12-6-11-30-27(34)22-9-13-32(14-10-22)18-24-21(3)36-28(31-24)26-23(29)7-5-8-25(26)35-4/h5,7-8,19-22,24H,6,9-18H2,1-4H3,(H,30,34)/t19-,20+,21?,24?. The molecule has 0 bridgehead atoms. The van der Waals surface area contributed by atoms with Gasteiger partial charge in [-0.25, -0.2) is 4.99 Å². The van der Waals surface area contributed by atoms with Crippen LogP contribution in [0, 0.1) is 17.8 Å². The molecule has 36 heavy (non-hydrogen) atoms. The molecule has 8 heteroatoms. The van der Waals surface area contributed by atoms with Crippen molar-refractivity contribution in [3.63, 3.8) is 0 Å². The van der Waals surface area contributed by atoms with Gasteiger partial charge in [-0.15, -0.1) is 0 Å². The second kappa shape index (κ2) is 12.7. The SMILES string of the molecule is COc1cccc(Br)c1C1=NC(CN2CCC(C(=O)NCCCN3C[C@H](C)C[C@H](C)C3)CC2)C(C)O1. The Labute approximate surface area is 225 Å². The van der Waals surface area contributed by atoms with Crippen LogP contribution in [0.2, 0.25) is 0 Å². The first-order chi connectivity index (χ1) is 17.3. The van der Waals surface area contributed by atoms with E-state index in [1.54, 1.807) is 7.11 Å². The average molecular weight is 564 g/mol. The molecule has 3 aliphatic rings. The number of halogens is 1. The predicted molar refractivity (Wildman–Crippen MR) is 148 cm³/mol. The number of benzene rings is 1. The summed E-state index contributed by atoms with van der Waals surface area (Å²) in [6.07, 6.45) is 4.19. The van der Waals surface area contributed by atoms with E-state index in [-0.39, 0.29) is 24.0 Å². The van der Waals surface area contributed by atoms with Gasteiger partial charge in [0.05, 0.1) is 12.7 Å². The van der Waals surface area contributed by atoms with Gasteiger partial charge in [0.25, 0.3) is 0 Å². The first-order valence-electron chi connectivity index (χ1n) is 13.6. The van der Waals surface area contributed by atoms with E-state index in [1.165, 1.54) is 19.5 Å². The number of carbonyl (C=O) groups excluding carboxylic acids is 1. The number of methoxy groups -OCH3 is 1. The molecule has 2 saturated heterocycles. The fourth-order valence-corrected chi connectivity index (χ4v) is 6.53. The lowest BCUT2D eigenvalue weighted by atomic mass is 9.92. The van der Waals surface area contributed by atoms with E-state index in [0.717, 1.165) is 79.6 Å². The molecular formula is C28H43BrN4O3. The molecule has 1 aromatic rings. The van der Waals surface area contributed by atoms with Crippen molar-refractivity contribution in [2.75, 3.05) is 52.9 Å². The zero-order chi connectivity index (χ0) is 25.7. The number of nitrogens with zero attached hydrogens (tertiary/aromatic N) is 3. The van der Waals surface area contributed by atoms with Crippen LogP contribution in [0.3, 0.4) is 0 Å². The topological polar surface area (TPSA) is 66.4 Å². The second-order valence-corrected chi connectivity index (χ2v) is 11.9. The summed E-state index contributed by atoms with van der Waals surface area (Å²) < 4.78 is 12.6. The van der Waals surface area contributed by atoms with Crippen LogP contribution in [-0.2, 0) is 9.53 Å². The third-order valence-corrected chi connectivity index (χ3v) is 8.49. The Balaban J connectivity index is 1.19. The summed E-state index contributed by atoms with van der Waals surface area (Å²) in [4.78, 5) is 22.7. The molecule has 3 aliphatic heterocycles. The summed E-state index contributed by atoms with van der Waals surface area (Å²) in [7, 11) is 1.66. The van der Waals surface area contributed by atoms with E-state index in [9.17, 15) is 4.79 Å². The maximum atomic E-state index is 12.7. The van der Waals surface area contributed by atoms with Gasteiger partial charge in [-0.2, -0.15) is 0 Å². The number of nitrogens with one attached hydrogen (secondary N) is 1. The van der Waals surface area contributed by atoms with E-state index >= 15 is 0 Å². The van der Waals surface area contributed by atoms with Crippen LogP contribution < -0.4 is 10.1 Å². The fourth-order valence-electron chi connectivity index (χ4n) is 6.01. The van der Waals surface area contributed by atoms with Gasteiger partial charge >= 0.3 is 0 Å². The molecule has 0 aliphatic carbocycles. The molecule has 3 heterocycles. The zero-order valence-corrected chi connectivity index (χ0v) is 23.9. The van der Waals surface area contributed by atoms with Crippen LogP contribution in [-0.4, -0.2) is 86.7 Å². The summed E-state index contributed by atoms with van der Waals surface area (Å²) >= 11 is 3.61. The summed E-state index contributed by atoms with van der Waals surface area (Å²) in [5, 5.41) is 3.21. The maximum absolute atomic E-state index is 12.7. The summed E-state index contributed by atoms with van der Waals surface area (Å²) in [5.74, 6) is 3.31. The van der Waals surface area contributed by atoms with Gasteiger partial charge in [-0.05, 0) is 92.1 Å². The summed E-state index contributed by atoms with van der Waals surface area (Å²) in [6.45, 7) is 13.7. The molecule has 7 nitrogen and oxygen atoms in total. The van der Waals surface area contributed by atoms with Crippen LogP contribution in [0.25, 0.3) is 0 Å². The van der Waals surface area contributed by atoms with Gasteiger partial charge in [0, 0.05) is 36.6 Å². The Morgan fingerprint density at radius 1 is 1.17 bits per heavy atom. The average Bonchev–Trinajstić information content (AvgIpc) is 3.20. The van der Waals surface area contributed by atoms with Crippen LogP contribution >= 0.6 is 15.9 Å². The molecule has 4 rings (SSSR count). The van der Waals surface area contributed by atoms with Crippen molar-refractivity contribution in [2.45, 2.75) is 58.6 Å². The first-order valence-corrected chi connectivity index (χ1v) is 14.4. The zero-order valence-electron chi connectivity index (χ0n) is 22.3. The quantitative estimate of drug-likeness (QED) is 0.457. The Hall–Kier alpha value is -1.64. The van der Waals surface area contributed by atoms with Crippen molar-refractivity contribution in [1.82, 2.24) is 15.1 Å². The Morgan fingerprint density at radius 2 is 1.89 bits per heavy atom. The van der Waals surface area contributed by atoms with Gasteiger partial charge in [-0.1, -0.05) is 19.9 Å². The molecule has 4 atom stereocenters. The minimum Gasteiger partial charge on any atom is -0.496 e. The molecule has 200 valence electrons. The van der Waals surface area contributed by atoms with E-state index in [0.29, 0.717) is 5.90 Å². The lowest BCUT2D eigenvalue weighted by Crippen LogP contribution is -2.44. The molecule has 2 fully saturated rings. The third kappa shape index (κ3) is 7.01. The highest BCUT2D eigenvalue weighted by Crippen LogP contribution is 2.31. The largest absolute Gasteiger partial charge is 0.496 e. The molecule has 0 saturated carbocycles.